The third-order valence-electron chi connectivity index (χ3n) is 2.54. The molecule has 0 amide bonds. The molecule has 2 heterocycles. The number of nitrogens with zero attached hydrogens (tertiary/aromatic N) is 2. The highest BCUT2D eigenvalue weighted by Crippen LogP contribution is 2.39. The number of thiazole rings is 1. The van der Waals surface area contributed by atoms with Crippen molar-refractivity contribution in [2.24, 2.45) is 0 Å². The Balaban J connectivity index is 2.39. The summed E-state index contributed by atoms with van der Waals surface area (Å²) < 4.78 is 27.3. The Morgan fingerprint density at radius 3 is 2.80 bits per heavy atom. The minimum Gasteiger partial charge on any atom is -0.375 e. The summed E-state index contributed by atoms with van der Waals surface area (Å²) in [4.78, 5) is 6.05. The molecule has 0 unspecified atom stereocenters. The van der Waals surface area contributed by atoms with Gasteiger partial charge in [-0.05, 0) is 13.8 Å². The van der Waals surface area contributed by atoms with Gasteiger partial charge in [-0.25, -0.2) is 4.98 Å². The van der Waals surface area contributed by atoms with Crippen molar-refractivity contribution in [3.63, 3.8) is 0 Å². The van der Waals surface area contributed by atoms with Crippen LogP contribution >= 0.6 is 11.3 Å². The van der Waals surface area contributed by atoms with E-state index in [1.165, 1.54) is 0 Å². The normalized spacial score (nSPS) is 20.6. The van der Waals surface area contributed by atoms with Crippen molar-refractivity contribution in [2.45, 2.75) is 32.4 Å². The third-order valence-corrected chi connectivity index (χ3v) is 3.41. The lowest BCUT2D eigenvalue weighted by Gasteiger charge is -2.34. The summed E-state index contributed by atoms with van der Waals surface area (Å²) in [7, 11) is 0. The first-order valence-electron chi connectivity index (χ1n) is 4.77. The maximum Gasteiger partial charge on any atom is 0.303 e. The van der Waals surface area contributed by atoms with Crippen LogP contribution in [-0.4, -0.2) is 22.5 Å². The predicted molar refractivity (Wildman–Crippen MR) is 56.0 cm³/mol. The van der Waals surface area contributed by atoms with Gasteiger partial charge >= 0.3 is 5.92 Å². The summed E-state index contributed by atoms with van der Waals surface area (Å²) in [5.41, 5.74) is 5.33. The molecule has 0 fully saturated rings. The molecule has 2 N–H and O–H groups in total. The Hall–Kier alpha value is -0.750. The van der Waals surface area contributed by atoms with E-state index in [1.807, 2.05) is 13.8 Å². The Morgan fingerprint density at radius 2 is 2.20 bits per heavy atom. The lowest BCUT2D eigenvalue weighted by Crippen LogP contribution is -2.43. The summed E-state index contributed by atoms with van der Waals surface area (Å²) in [5.74, 6) is -2.87. The zero-order valence-electron chi connectivity index (χ0n) is 8.63. The number of nitrogen functional groups attached to an aromatic ring is 1. The largest absolute Gasteiger partial charge is 0.375 e. The van der Waals surface area contributed by atoms with Crippen molar-refractivity contribution < 1.29 is 8.78 Å². The summed E-state index contributed by atoms with van der Waals surface area (Å²) in [6.07, 6.45) is 0. The van der Waals surface area contributed by atoms with Gasteiger partial charge in [0.25, 0.3) is 0 Å². The number of anilines is 1. The van der Waals surface area contributed by atoms with E-state index in [-0.39, 0.29) is 23.4 Å². The molecule has 0 atom stereocenters. The molecule has 0 saturated carbocycles. The SMILES string of the molecule is CC(C)N1Cc2sc(N)nc2C(F)(F)C1. The fraction of sp³-hybridized carbons (Fsp3) is 0.667. The summed E-state index contributed by atoms with van der Waals surface area (Å²) in [6.45, 7) is 4.08. The average Bonchev–Trinajstić information content (AvgIpc) is 2.45. The van der Waals surface area contributed by atoms with E-state index in [0.29, 0.717) is 11.4 Å². The molecule has 0 bridgehead atoms. The molecule has 2 rings (SSSR count). The van der Waals surface area contributed by atoms with Crippen LogP contribution in [0.5, 0.6) is 0 Å². The molecular weight excluding hydrogens is 220 g/mol. The number of fused-ring (bicyclic) bond motifs is 1. The van der Waals surface area contributed by atoms with Gasteiger partial charge in [0.05, 0.1) is 11.4 Å². The predicted octanol–water partition coefficient (Wildman–Crippen LogP) is 2.04. The highest BCUT2D eigenvalue weighted by molar-refractivity contribution is 7.15. The minimum absolute atomic E-state index is 0.104. The molecule has 15 heavy (non-hydrogen) atoms. The van der Waals surface area contributed by atoms with Crippen LogP contribution in [0.25, 0.3) is 0 Å². The van der Waals surface area contributed by atoms with E-state index in [4.69, 9.17) is 5.73 Å². The Bertz CT molecular complexity index is 375. The zero-order chi connectivity index (χ0) is 11.2. The highest BCUT2D eigenvalue weighted by atomic mass is 32.1. The Labute approximate surface area is 90.9 Å². The highest BCUT2D eigenvalue weighted by Gasteiger charge is 2.43. The van der Waals surface area contributed by atoms with Crippen LogP contribution in [0.3, 0.4) is 0 Å². The van der Waals surface area contributed by atoms with Gasteiger partial charge in [0.15, 0.2) is 5.13 Å². The zero-order valence-corrected chi connectivity index (χ0v) is 9.44. The lowest BCUT2D eigenvalue weighted by atomic mass is 10.1. The summed E-state index contributed by atoms with van der Waals surface area (Å²) in [6, 6.07) is 0.104. The van der Waals surface area contributed by atoms with Gasteiger partial charge in [-0.3, -0.25) is 4.90 Å². The van der Waals surface area contributed by atoms with Gasteiger partial charge < -0.3 is 5.73 Å². The molecule has 0 radical (unpaired) electrons. The summed E-state index contributed by atoms with van der Waals surface area (Å²) >= 11 is 1.16. The van der Waals surface area contributed by atoms with Crippen molar-refractivity contribution >= 4 is 16.5 Å². The molecule has 1 aliphatic heterocycles. The second-order valence-electron chi connectivity index (χ2n) is 4.03. The number of halogens is 2. The molecule has 0 aliphatic carbocycles. The molecule has 3 nitrogen and oxygen atoms in total. The minimum atomic E-state index is -2.87. The van der Waals surface area contributed by atoms with Gasteiger partial charge in [-0.1, -0.05) is 0 Å². The second kappa shape index (κ2) is 3.38. The first-order chi connectivity index (χ1) is 6.90. The molecule has 0 aromatic carbocycles. The molecule has 84 valence electrons. The lowest BCUT2D eigenvalue weighted by molar-refractivity contribution is -0.0625. The number of aromatic nitrogens is 1. The smallest absolute Gasteiger partial charge is 0.303 e. The molecule has 1 aromatic heterocycles. The molecule has 0 saturated heterocycles. The van der Waals surface area contributed by atoms with Crippen LogP contribution in [0.4, 0.5) is 13.9 Å². The van der Waals surface area contributed by atoms with Crippen molar-refractivity contribution in [3.05, 3.63) is 10.6 Å². The number of nitrogens with two attached hydrogens (primary N) is 1. The summed E-state index contributed by atoms with van der Waals surface area (Å²) in [5, 5.41) is 0.227. The number of hydrogen-bond acceptors (Lipinski definition) is 4. The van der Waals surface area contributed by atoms with Crippen LogP contribution < -0.4 is 5.73 Å². The van der Waals surface area contributed by atoms with Crippen molar-refractivity contribution in [1.82, 2.24) is 9.88 Å². The fourth-order valence-electron chi connectivity index (χ4n) is 1.70. The van der Waals surface area contributed by atoms with Crippen molar-refractivity contribution in [2.75, 3.05) is 12.3 Å². The maximum atomic E-state index is 13.7. The fourth-order valence-corrected chi connectivity index (χ4v) is 2.61. The van der Waals surface area contributed by atoms with Crippen LogP contribution in [0.2, 0.25) is 0 Å². The van der Waals surface area contributed by atoms with E-state index in [9.17, 15) is 8.78 Å². The molecule has 0 spiro atoms. The topological polar surface area (TPSA) is 42.1 Å². The van der Waals surface area contributed by atoms with Crippen LogP contribution in [0.15, 0.2) is 0 Å². The molecule has 1 aliphatic rings. The van der Waals surface area contributed by atoms with E-state index in [0.717, 1.165) is 11.3 Å². The van der Waals surface area contributed by atoms with Gasteiger partial charge in [0.2, 0.25) is 0 Å². The average molecular weight is 233 g/mol. The van der Waals surface area contributed by atoms with Gasteiger partial charge in [-0.2, -0.15) is 8.78 Å². The monoisotopic (exact) mass is 233 g/mol. The van der Waals surface area contributed by atoms with Crippen LogP contribution in [0.1, 0.15) is 24.4 Å². The second-order valence-corrected chi connectivity index (χ2v) is 5.14. The Morgan fingerprint density at radius 1 is 1.53 bits per heavy atom. The van der Waals surface area contributed by atoms with Gasteiger partial charge in [0, 0.05) is 12.6 Å². The first-order valence-corrected chi connectivity index (χ1v) is 5.59. The van der Waals surface area contributed by atoms with Crippen molar-refractivity contribution in [3.8, 4) is 0 Å². The number of rotatable bonds is 1. The number of alkyl halides is 2. The molecule has 1 aromatic rings. The van der Waals surface area contributed by atoms with Crippen LogP contribution in [0, 0.1) is 0 Å². The third kappa shape index (κ3) is 1.83. The van der Waals surface area contributed by atoms with Crippen LogP contribution in [-0.2, 0) is 12.5 Å². The van der Waals surface area contributed by atoms with E-state index >= 15 is 0 Å². The standard InChI is InChI=1S/C9H13F2N3S/c1-5(2)14-3-6-7(9(10,11)4-14)13-8(12)15-6/h5H,3-4H2,1-2H3,(H2,12,13). The maximum absolute atomic E-state index is 13.7. The number of hydrogen-bond donors (Lipinski definition) is 1. The Kier molecular flexibility index (Phi) is 2.42. The van der Waals surface area contributed by atoms with Gasteiger partial charge in [0.1, 0.15) is 5.69 Å². The first kappa shape index (κ1) is 10.8. The van der Waals surface area contributed by atoms with E-state index in [1.54, 1.807) is 4.90 Å². The van der Waals surface area contributed by atoms with E-state index < -0.39 is 5.92 Å². The quantitative estimate of drug-likeness (QED) is 0.807. The molecule has 6 heteroatoms. The van der Waals surface area contributed by atoms with E-state index in [2.05, 4.69) is 4.98 Å². The van der Waals surface area contributed by atoms with Gasteiger partial charge in [-0.15, -0.1) is 11.3 Å². The van der Waals surface area contributed by atoms with Crippen molar-refractivity contribution in [1.29, 1.82) is 0 Å². The molecular formula is C9H13F2N3S.